The van der Waals surface area contributed by atoms with Gasteiger partial charge in [-0.2, -0.15) is 5.10 Å². The summed E-state index contributed by atoms with van der Waals surface area (Å²) in [6, 6.07) is 3.72. The van der Waals surface area contributed by atoms with Crippen LogP contribution in [0.4, 0.5) is 0 Å². The highest BCUT2D eigenvalue weighted by atomic mass is 16.2. The first-order valence-electron chi connectivity index (χ1n) is 10.9. The quantitative estimate of drug-likeness (QED) is 0.680. The molecule has 1 unspecified atom stereocenters. The molecule has 1 aliphatic heterocycles. The lowest BCUT2D eigenvalue weighted by atomic mass is 9.77. The van der Waals surface area contributed by atoms with E-state index >= 15 is 0 Å². The average molecular weight is 419 g/mol. The highest BCUT2D eigenvalue weighted by molar-refractivity contribution is 5.94. The summed E-state index contributed by atoms with van der Waals surface area (Å²) in [6.07, 6.45) is 7.54. The molecule has 1 aliphatic carbocycles. The Morgan fingerprint density at radius 3 is 2.94 bits per heavy atom. The van der Waals surface area contributed by atoms with Gasteiger partial charge in [0, 0.05) is 53.3 Å². The lowest BCUT2D eigenvalue weighted by molar-refractivity contribution is 0.0627. The van der Waals surface area contributed by atoms with Gasteiger partial charge in [0.15, 0.2) is 5.69 Å². The first-order chi connectivity index (χ1) is 15.0. The van der Waals surface area contributed by atoms with Crippen molar-refractivity contribution in [1.29, 1.82) is 0 Å². The maximum atomic E-state index is 13.3. The van der Waals surface area contributed by atoms with Gasteiger partial charge in [0.05, 0.1) is 5.69 Å². The molecule has 4 heterocycles. The molecule has 2 N–H and O–H groups in total. The molecule has 8 heteroatoms. The number of pyridine rings is 1. The van der Waals surface area contributed by atoms with Crippen LogP contribution in [0.25, 0.3) is 11.4 Å². The van der Waals surface area contributed by atoms with Gasteiger partial charge in [-0.25, -0.2) is 4.98 Å². The van der Waals surface area contributed by atoms with Crippen LogP contribution < -0.4 is 5.56 Å². The van der Waals surface area contributed by atoms with Crippen LogP contribution in [0, 0.1) is 6.92 Å². The number of hydrogen-bond donors (Lipinski definition) is 2. The molecule has 31 heavy (non-hydrogen) atoms. The maximum absolute atomic E-state index is 13.3. The summed E-state index contributed by atoms with van der Waals surface area (Å²) < 4.78 is 0. The Kier molecular flexibility index (Phi) is 4.72. The van der Waals surface area contributed by atoms with Gasteiger partial charge >= 0.3 is 0 Å². The number of amides is 1. The van der Waals surface area contributed by atoms with E-state index in [4.69, 9.17) is 4.98 Å². The van der Waals surface area contributed by atoms with Crippen molar-refractivity contribution in [3.05, 3.63) is 63.1 Å². The molecule has 1 atom stereocenters. The number of carbonyl (C=O) groups excluding carboxylic acids is 1. The third-order valence-electron chi connectivity index (χ3n) is 6.84. The lowest BCUT2D eigenvalue weighted by Gasteiger charge is -2.40. The molecule has 8 nitrogen and oxygen atoms in total. The van der Waals surface area contributed by atoms with E-state index in [0.717, 1.165) is 53.8 Å². The molecular weight excluding hydrogens is 392 g/mol. The number of hydrogen-bond acceptors (Lipinski definition) is 5. The fraction of sp³-hybridized carbons (Fsp3) is 0.435. The van der Waals surface area contributed by atoms with E-state index in [-0.39, 0.29) is 16.9 Å². The minimum atomic E-state index is -0.285. The second kappa shape index (κ2) is 7.44. The number of rotatable bonds is 3. The SMILES string of the molecule is CCc1[nH]nc(C(=O)N2CCCC3(CCc4c3nc(-c3cccnc3)[nH]c4=O)C2)c1C. The molecule has 1 amide bonds. The number of nitrogens with one attached hydrogen (secondary N) is 2. The van der Waals surface area contributed by atoms with Crippen molar-refractivity contribution in [1.82, 2.24) is 30.0 Å². The molecule has 1 saturated heterocycles. The third kappa shape index (κ3) is 3.17. The van der Waals surface area contributed by atoms with Crippen molar-refractivity contribution < 1.29 is 4.79 Å². The lowest BCUT2D eigenvalue weighted by Crippen LogP contribution is -2.48. The number of aryl methyl sites for hydroxylation is 1. The van der Waals surface area contributed by atoms with Gasteiger partial charge < -0.3 is 9.88 Å². The fourth-order valence-corrected chi connectivity index (χ4v) is 5.13. The summed E-state index contributed by atoms with van der Waals surface area (Å²) in [5, 5.41) is 7.29. The molecule has 0 bridgehead atoms. The molecule has 160 valence electrons. The van der Waals surface area contributed by atoms with Crippen molar-refractivity contribution in [2.24, 2.45) is 0 Å². The smallest absolute Gasteiger partial charge is 0.274 e. The van der Waals surface area contributed by atoms with E-state index in [1.54, 1.807) is 12.4 Å². The number of aromatic nitrogens is 5. The van der Waals surface area contributed by atoms with Crippen LogP contribution in [-0.4, -0.2) is 49.0 Å². The Morgan fingerprint density at radius 2 is 2.19 bits per heavy atom. The molecule has 3 aromatic heterocycles. The van der Waals surface area contributed by atoms with Crippen LogP contribution >= 0.6 is 0 Å². The molecule has 2 aliphatic rings. The molecule has 0 saturated carbocycles. The molecule has 0 aromatic carbocycles. The summed E-state index contributed by atoms with van der Waals surface area (Å²) in [5.74, 6) is 0.496. The van der Waals surface area contributed by atoms with Gasteiger partial charge in [-0.1, -0.05) is 6.92 Å². The normalized spacial score (nSPS) is 20.3. The van der Waals surface area contributed by atoms with Crippen molar-refractivity contribution >= 4 is 5.91 Å². The minimum Gasteiger partial charge on any atom is -0.336 e. The second-order valence-corrected chi connectivity index (χ2v) is 8.62. The number of carbonyl (C=O) groups is 1. The zero-order chi connectivity index (χ0) is 21.6. The first kappa shape index (κ1) is 19.7. The molecule has 5 rings (SSSR count). The molecule has 1 fully saturated rings. The van der Waals surface area contributed by atoms with E-state index in [9.17, 15) is 9.59 Å². The maximum Gasteiger partial charge on any atom is 0.274 e. The fourth-order valence-electron chi connectivity index (χ4n) is 5.13. The third-order valence-corrected chi connectivity index (χ3v) is 6.84. The predicted molar refractivity (Wildman–Crippen MR) is 116 cm³/mol. The van der Waals surface area contributed by atoms with Crippen molar-refractivity contribution in [2.45, 2.75) is 51.4 Å². The van der Waals surface area contributed by atoms with Crippen LogP contribution in [0.15, 0.2) is 29.3 Å². The van der Waals surface area contributed by atoms with Crippen LogP contribution in [-0.2, 0) is 18.3 Å². The summed E-state index contributed by atoms with van der Waals surface area (Å²) >= 11 is 0. The molecule has 0 radical (unpaired) electrons. The van der Waals surface area contributed by atoms with Gasteiger partial charge in [0.2, 0.25) is 0 Å². The number of fused-ring (bicyclic) bond motifs is 2. The Balaban J connectivity index is 1.50. The van der Waals surface area contributed by atoms with E-state index in [1.807, 2.05) is 30.9 Å². The van der Waals surface area contributed by atoms with E-state index in [0.29, 0.717) is 31.0 Å². The van der Waals surface area contributed by atoms with Gasteiger partial charge in [0.25, 0.3) is 11.5 Å². The van der Waals surface area contributed by atoms with Crippen molar-refractivity contribution in [3.8, 4) is 11.4 Å². The van der Waals surface area contributed by atoms with E-state index < -0.39 is 0 Å². The van der Waals surface area contributed by atoms with Crippen molar-refractivity contribution in [3.63, 3.8) is 0 Å². The number of aromatic amines is 2. The largest absolute Gasteiger partial charge is 0.336 e. The zero-order valence-electron chi connectivity index (χ0n) is 17.9. The van der Waals surface area contributed by atoms with Crippen LogP contribution in [0.1, 0.15) is 59.2 Å². The van der Waals surface area contributed by atoms with Crippen LogP contribution in [0.2, 0.25) is 0 Å². The summed E-state index contributed by atoms with van der Waals surface area (Å²) in [4.78, 5) is 40.0. The number of nitrogens with zero attached hydrogens (tertiary/aromatic N) is 4. The average Bonchev–Trinajstić information content (AvgIpc) is 3.34. The van der Waals surface area contributed by atoms with E-state index in [1.165, 1.54) is 0 Å². The number of H-pyrrole nitrogens is 2. The minimum absolute atomic E-state index is 0.0432. The van der Waals surface area contributed by atoms with Crippen LogP contribution in [0.3, 0.4) is 0 Å². The summed E-state index contributed by atoms with van der Waals surface area (Å²) in [7, 11) is 0. The summed E-state index contributed by atoms with van der Waals surface area (Å²) in [5.41, 5.74) is 4.44. The Labute approximate surface area is 180 Å². The van der Waals surface area contributed by atoms with Crippen LogP contribution in [0.5, 0.6) is 0 Å². The first-order valence-corrected chi connectivity index (χ1v) is 10.9. The Morgan fingerprint density at radius 1 is 1.32 bits per heavy atom. The molecule has 1 spiro atoms. The number of likely N-dealkylation sites (tertiary alicyclic amines) is 1. The second-order valence-electron chi connectivity index (χ2n) is 8.62. The number of piperidine rings is 1. The summed E-state index contributed by atoms with van der Waals surface area (Å²) in [6.45, 7) is 5.25. The zero-order valence-corrected chi connectivity index (χ0v) is 17.9. The Hall–Kier alpha value is -3.29. The van der Waals surface area contributed by atoms with Gasteiger partial charge in [-0.05, 0) is 51.2 Å². The van der Waals surface area contributed by atoms with Crippen molar-refractivity contribution in [2.75, 3.05) is 13.1 Å². The standard InChI is InChI=1S/C23H26N6O2/c1-3-17-14(2)18(28-27-17)22(31)29-11-5-8-23(13-29)9-7-16-19(23)25-20(26-21(16)30)15-6-4-10-24-12-15/h4,6,10,12H,3,5,7-9,11,13H2,1-2H3,(H,27,28)(H,25,26,30). The molecular formula is C23H26N6O2. The molecule has 3 aromatic rings. The van der Waals surface area contributed by atoms with Gasteiger partial charge in [0.1, 0.15) is 5.82 Å². The highest BCUT2D eigenvalue weighted by Crippen LogP contribution is 2.43. The highest BCUT2D eigenvalue weighted by Gasteiger charge is 2.46. The van der Waals surface area contributed by atoms with E-state index in [2.05, 4.69) is 20.2 Å². The Bertz CT molecular complexity index is 1200. The topological polar surface area (TPSA) is 108 Å². The monoisotopic (exact) mass is 418 g/mol. The van der Waals surface area contributed by atoms with Gasteiger partial charge in [-0.15, -0.1) is 0 Å². The predicted octanol–water partition coefficient (Wildman–Crippen LogP) is 2.55. The van der Waals surface area contributed by atoms with Gasteiger partial charge in [-0.3, -0.25) is 19.7 Å².